The highest BCUT2D eigenvalue weighted by atomic mass is 35.5. The van der Waals surface area contributed by atoms with Gasteiger partial charge in [-0.15, -0.1) is 11.6 Å². The summed E-state index contributed by atoms with van der Waals surface area (Å²) < 4.78 is 25.6. The maximum atomic E-state index is 12.0. The Kier molecular flexibility index (Phi) is 8.43. The first-order valence-corrected chi connectivity index (χ1v) is 8.47. The van der Waals surface area contributed by atoms with Gasteiger partial charge in [0.25, 0.3) is 0 Å². The largest absolute Gasteiger partial charge is 0.215 e. The van der Waals surface area contributed by atoms with Crippen molar-refractivity contribution in [1.29, 1.82) is 0 Å². The molecular weight excluding hydrogens is 258 g/mol. The van der Waals surface area contributed by atoms with E-state index in [0.29, 0.717) is 24.9 Å². The minimum Gasteiger partial charge on any atom is -0.212 e. The van der Waals surface area contributed by atoms with Gasteiger partial charge < -0.3 is 0 Å². The Morgan fingerprint density at radius 3 is 1.71 bits per heavy atom. The molecule has 0 aromatic heterocycles. The minimum absolute atomic E-state index is 0.0464. The van der Waals surface area contributed by atoms with E-state index in [1.165, 1.54) is 0 Å². The zero-order chi connectivity index (χ0) is 13.5. The van der Waals surface area contributed by atoms with Gasteiger partial charge in [0.05, 0.1) is 5.75 Å². The van der Waals surface area contributed by atoms with Crippen LogP contribution in [-0.4, -0.2) is 37.4 Å². The summed E-state index contributed by atoms with van der Waals surface area (Å²) in [6.07, 6.45) is 1.80. The summed E-state index contributed by atoms with van der Waals surface area (Å²) in [7, 11) is -3.16. The molecule has 0 aromatic carbocycles. The van der Waals surface area contributed by atoms with E-state index in [1.54, 1.807) is 4.31 Å². The van der Waals surface area contributed by atoms with Crippen molar-refractivity contribution in [3.63, 3.8) is 0 Å². The van der Waals surface area contributed by atoms with Crippen LogP contribution in [0.25, 0.3) is 0 Å². The second kappa shape index (κ2) is 8.33. The Morgan fingerprint density at radius 2 is 1.41 bits per heavy atom. The number of halogens is 1. The van der Waals surface area contributed by atoms with Gasteiger partial charge in [-0.05, 0) is 24.7 Å². The van der Waals surface area contributed by atoms with E-state index in [2.05, 4.69) is 27.7 Å². The summed E-state index contributed by atoms with van der Waals surface area (Å²) in [6.45, 7) is 9.65. The summed E-state index contributed by atoms with van der Waals surface area (Å²) in [4.78, 5) is 0. The van der Waals surface area contributed by atoms with Crippen LogP contribution in [0, 0.1) is 11.8 Å². The van der Waals surface area contributed by atoms with Crippen LogP contribution in [0.2, 0.25) is 0 Å². The van der Waals surface area contributed by atoms with E-state index in [4.69, 9.17) is 11.6 Å². The number of hydrogen-bond donors (Lipinski definition) is 0. The first-order valence-electron chi connectivity index (χ1n) is 6.33. The average Bonchev–Trinajstić information content (AvgIpc) is 2.15. The van der Waals surface area contributed by atoms with Crippen LogP contribution in [-0.2, 0) is 10.0 Å². The molecule has 17 heavy (non-hydrogen) atoms. The van der Waals surface area contributed by atoms with Crippen LogP contribution in [0.3, 0.4) is 0 Å². The molecule has 0 N–H and O–H groups in total. The molecule has 0 aromatic rings. The Balaban J connectivity index is 4.49. The molecule has 0 radical (unpaired) electrons. The van der Waals surface area contributed by atoms with E-state index >= 15 is 0 Å². The van der Waals surface area contributed by atoms with Gasteiger partial charge in [-0.1, -0.05) is 27.7 Å². The number of nitrogens with zero attached hydrogens (tertiary/aromatic N) is 1. The molecule has 0 spiro atoms. The van der Waals surface area contributed by atoms with E-state index in [1.807, 2.05) is 0 Å². The highest BCUT2D eigenvalue weighted by Crippen LogP contribution is 2.11. The lowest BCUT2D eigenvalue weighted by atomic mass is 10.1. The first-order chi connectivity index (χ1) is 7.79. The lowest BCUT2D eigenvalue weighted by Gasteiger charge is -2.23. The third kappa shape index (κ3) is 8.01. The number of hydrogen-bond acceptors (Lipinski definition) is 2. The lowest BCUT2D eigenvalue weighted by Crippen LogP contribution is -2.36. The van der Waals surface area contributed by atoms with E-state index in [-0.39, 0.29) is 11.6 Å². The zero-order valence-corrected chi connectivity index (χ0v) is 13.0. The molecule has 3 nitrogen and oxygen atoms in total. The number of rotatable bonds is 9. The Labute approximate surface area is 112 Å². The van der Waals surface area contributed by atoms with Crippen LogP contribution in [0.5, 0.6) is 0 Å². The summed E-state index contributed by atoms with van der Waals surface area (Å²) in [5.41, 5.74) is 0. The molecule has 0 rings (SSSR count). The highest BCUT2D eigenvalue weighted by molar-refractivity contribution is 7.89. The van der Waals surface area contributed by atoms with Crippen LogP contribution in [0.15, 0.2) is 0 Å². The molecule has 0 bridgehead atoms. The molecule has 0 saturated carbocycles. The maximum Gasteiger partial charge on any atom is 0.215 e. The average molecular weight is 284 g/mol. The van der Waals surface area contributed by atoms with E-state index in [0.717, 1.165) is 12.8 Å². The SMILES string of the molecule is CC(C)CCN(CCC(C)C)S(=O)(=O)CCCl. The summed E-state index contributed by atoms with van der Waals surface area (Å²) >= 11 is 5.55. The molecule has 0 atom stereocenters. The molecule has 0 aliphatic carbocycles. The fourth-order valence-corrected chi connectivity index (χ4v) is 3.23. The second-order valence-electron chi connectivity index (χ2n) is 5.27. The van der Waals surface area contributed by atoms with Crippen molar-refractivity contribution >= 4 is 21.6 Å². The third-order valence-corrected chi connectivity index (χ3v) is 4.93. The Bertz CT molecular complexity index is 277. The Morgan fingerprint density at radius 1 is 1.00 bits per heavy atom. The predicted octanol–water partition coefficient (Wildman–Crippen LogP) is 2.95. The van der Waals surface area contributed by atoms with Crippen molar-refractivity contribution in [2.45, 2.75) is 40.5 Å². The number of alkyl halides is 1. The normalized spacial score (nSPS) is 12.9. The summed E-state index contributed by atoms with van der Waals surface area (Å²) in [6, 6.07) is 0. The van der Waals surface area contributed by atoms with Crippen LogP contribution < -0.4 is 0 Å². The van der Waals surface area contributed by atoms with Crippen molar-refractivity contribution in [1.82, 2.24) is 4.31 Å². The monoisotopic (exact) mass is 283 g/mol. The molecule has 0 fully saturated rings. The van der Waals surface area contributed by atoms with E-state index in [9.17, 15) is 8.42 Å². The van der Waals surface area contributed by atoms with Gasteiger partial charge in [-0.2, -0.15) is 0 Å². The van der Waals surface area contributed by atoms with Gasteiger partial charge in [-0.3, -0.25) is 0 Å². The van der Waals surface area contributed by atoms with Crippen molar-refractivity contribution in [2.24, 2.45) is 11.8 Å². The first kappa shape index (κ1) is 17.2. The van der Waals surface area contributed by atoms with Crippen molar-refractivity contribution < 1.29 is 8.42 Å². The van der Waals surface area contributed by atoms with Crippen molar-refractivity contribution in [3.05, 3.63) is 0 Å². The van der Waals surface area contributed by atoms with Crippen LogP contribution >= 0.6 is 11.6 Å². The molecule has 0 aliphatic heterocycles. The highest BCUT2D eigenvalue weighted by Gasteiger charge is 2.21. The predicted molar refractivity (Wildman–Crippen MR) is 75.0 cm³/mol. The maximum absolute atomic E-state index is 12.0. The van der Waals surface area contributed by atoms with Gasteiger partial charge in [-0.25, -0.2) is 12.7 Å². The lowest BCUT2D eigenvalue weighted by molar-refractivity contribution is 0.357. The molecular formula is C12H26ClNO2S. The fraction of sp³-hybridized carbons (Fsp3) is 1.00. The standard InChI is InChI=1S/C12H26ClNO2S/c1-11(2)5-8-14(9-6-12(3)4)17(15,16)10-7-13/h11-12H,5-10H2,1-4H3. The van der Waals surface area contributed by atoms with E-state index < -0.39 is 10.0 Å². The summed E-state index contributed by atoms with van der Waals surface area (Å²) in [5, 5.41) is 0. The van der Waals surface area contributed by atoms with Gasteiger partial charge in [0.1, 0.15) is 0 Å². The molecule has 0 unspecified atom stereocenters. The van der Waals surface area contributed by atoms with Crippen molar-refractivity contribution in [3.8, 4) is 0 Å². The molecule has 0 heterocycles. The molecule has 5 heteroatoms. The number of sulfonamides is 1. The smallest absolute Gasteiger partial charge is 0.212 e. The van der Waals surface area contributed by atoms with Gasteiger partial charge in [0.2, 0.25) is 10.0 Å². The summed E-state index contributed by atoms with van der Waals surface area (Å²) in [5.74, 6) is 1.25. The van der Waals surface area contributed by atoms with Crippen LogP contribution in [0.1, 0.15) is 40.5 Å². The van der Waals surface area contributed by atoms with Gasteiger partial charge >= 0.3 is 0 Å². The van der Waals surface area contributed by atoms with Gasteiger partial charge in [0.15, 0.2) is 0 Å². The topological polar surface area (TPSA) is 37.4 Å². The Hall–Kier alpha value is 0.200. The molecule has 0 saturated heterocycles. The van der Waals surface area contributed by atoms with Gasteiger partial charge in [0, 0.05) is 19.0 Å². The quantitative estimate of drug-likeness (QED) is 0.610. The minimum atomic E-state index is -3.16. The molecule has 0 amide bonds. The van der Waals surface area contributed by atoms with Crippen LogP contribution in [0.4, 0.5) is 0 Å². The zero-order valence-electron chi connectivity index (χ0n) is 11.4. The second-order valence-corrected chi connectivity index (χ2v) is 7.74. The third-order valence-electron chi connectivity index (χ3n) is 2.64. The van der Waals surface area contributed by atoms with Crippen molar-refractivity contribution in [2.75, 3.05) is 24.7 Å². The molecule has 0 aliphatic rings. The molecule has 104 valence electrons. The fourth-order valence-electron chi connectivity index (χ4n) is 1.42.